The number of carbonyl (C=O) groups is 3. The molecule has 1 amide bonds. The maximum absolute atomic E-state index is 13.8. The summed E-state index contributed by atoms with van der Waals surface area (Å²) in [7, 11) is 1.33. The van der Waals surface area contributed by atoms with Crippen LogP contribution in [0.2, 0.25) is 0 Å². The molecule has 0 saturated heterocycles. The van der Waals surface area contributed by atoms with Gasteiger partial charge < -0.3 is 19.7 Å². The molecule has 4 rings (SSSR count). The fourth-order valence-corrected chi connectivity index (χ4v) is 4.85. The number of para-hydroxylation sites is 1. The zero-order valence-corrected chi connectivity index (χ0v) is 25.3. The van der Waals surface area contributed by atoms with Crippen molar-refractivity contribution in [3.63, 3.8) is 0 Å². The first-order valence-corrected chi connectivity index (χ1v) is 14.8. The first-order valence-electron chi connectivity index (χ1n) is 14.8. The molecule has 0 aromatic heterocycles. The number of ketones is 1. The number of hydrogen-bond donors (Lipinski definition) is 1. The minimum Gasteiger partial charge on any atom is -0.494 e. The van der Waals surface area contributed by atoms with Crippen molar-refractivity contribution in [3.8, 4) is 5.75 Å². The monoisotopic (exact) mass is 608 g/mol. The molecule has 0 bridgehead atoms. The Hall–Kier alpha value is -5.24. The summed E-state index contributed by atoms with van der Waals surface area (Å²) in [6.07, 6.45) is 3.37. The lowest BCUT2D eigenvalue weighted by Crippen LogP contribution is -2.33. The van der Waals surface area contributed by atoms with Gasteiger partial charge in [-0.2, -0.15) is 0 Å². The Morgan fingerprint density at radius 3 is 2.38 bits per heavy atom. The fourth-order valence-electron chi connectivity index (χ4n) is 4.85. The van der Waals surface area contributed by atoms with E-state index in [2.05, 4.69) is 11.9 Å². The lowest BCUT2D eigenvalue weighted by atomic mass is 10.00. The van der Waals surface area contributed by atoms with Crippen molar-refractivity contribution in [2.24, 2.45) is 0 Å². The largest absolute Gasteiger partial charge is 0.494 e. The van der Waals surface area contributed by atoms with Gasteiger partial charge in [-0.1, -0.05) is 66.7 Å². The van der Waals surface area contributed by atoms with Crippen molar-refractivity contribution in [2.45, 2.75) is 31.7 Å². The SMILES string of the molecule is C=CCCC(=O)N(CCCOc1ccc(C[C@H](Nc2ccccc2C(=O)c2ccccc2)C(=O)OC)cc1)c1cccc(F)c1. The van der Waals surface area contributed by atoms with Crippen molar-refractivity contribution in [3.05, 3.63) is 138 Å². The number of carbonyl (C=O) groups excluding carboxylic acids is 3. The van der Waals surface area contributed by atoms with Crippen LogP contribution < -0.4 is 15.0 Å². The molecule has 4 aromatic carbocycles. The maximum Gasteiger partial charge on any atom is 0.328 e. The minimum atomic E-state index is -0.737. The number of rotatable bonds is 16. The highest BCUT2D eigenvalue weighted by molar-refractivity contribution is 6.12. The van der Waals surface area contributed by atoms with Gasteiger partial charge in [0.05, 0.1) is 13.7 Å². The van der Waals surface area contributed by atoms with E-state index in [-0.39, 0.29) is 11.7 Å². The number of hydrogen-bond acceptors (Lipinski definition) is 6. The topological polar surface area (TPSA) is 84.9 Å². The number of halogens is 1. The summed E-state index contributed by atoms with van der Waals surface area (Å²) in [5.74, 6) is -0.479. The van der Waals surface area contributed by atoms with Crippen LogP contribution >= 0.6 is 0 Å². The van der Waals surface area contributed by atoms with Gasteiger partial charge in [0.25, 0.3) is 0 Å². The van der Waals surface area contributed by atoms with E-state index in [0.717, 1.165) is 5.56 Å². The molecule has 232 valence electrons. The standard InChI is InChI=1S/C37H37FN2O5/c1-3-4-18-35(41)40(30-15-10-14-29(38)26-30)23-11-24-45-31-21-19-27(20-22-31)25-34(37(43)44-2)39-33-17-9-8-16-32(33)36(42)28-12-6-5-7-13-28/h3,5-10,12-17,19-22,26,34,39H,1,4,11,18,23-25H2,2H3/t34-/m0/s1. The van der Waals surface area contributed by atoms with Crippen LogP contribution in [-0.2, 0) is 20.7 Å². The molecule has 0 aliphatic rings. The normalized spacial score (nSPS) is 11.2. The second-order valence-corrected chi connectivity index (χ2v) is 10.4. The number of anilines is 2. The molecule has 45 heavy (non-hydrogen) atoms. The van der Waals surface area contributed by atoms with Crippen LogP contribution in [0.1, 0.15) is 40.7 Å². The lowest BCUT2D eigenvalue weighted by Gasteiger charge is -2.23. The number of allylic oxidation sites excluding steroid dienone is 1. The fraction of sp³-hybridized carbons (Fsp3) is 0.216. The number of ether oxygens (including phenoxy) is 2. The number of amides is 1. The molecule has 0 unspecified atom stereocenters. The van der Waals surface area contributed by atoms with Gasteiger partial charge in [0.15, 0.2) is 5.78 Å². The molecule has 0 heterocycles. The zero-order chi connectivity index (χ0) is 32.0. The molecule has 1 atom stereocenters. The van der Waals surface area contributed by atoms with E-state index in [1.165, 1.54) is 19.2 Å². The van der Waals surface area contributed by atoms with E-state index in [9.17, 15) is 18.8 Å². The van der Waals surface area contributed by atoms with Gasteiger partial charge in [-0.05, 0) is 60.9 Å². The third-order valence-electron chi connectivity index (χ3n) is 7.16. The van der Waals surface area contributed by atoms with E-state index in [4.69, 9.17) is 9.47 Å². The Kier molecular flexibility index (Phi) is 12.0. The van der Waals surface area contributed by atoms with Crippen LogP contribution in [0.15, 0.2) is 116 Å². The third-order valence-corrected chi connectivity index (χ3v) is 7.16. The number of esters is 1. The molecule has 0 aliphatic heterocycles. The molecule has 0 radical (unpaired) electrons. The first-order chi connectivity index (χ1) is 21.9. The maximum atomic E-state index is 13.8. The van der Waals surface area contributed by atoms with E-state index in [1.807, 2.05) is 42.5 Å². The van der Waals surface area contributed by atoms with E-state index in [1.54, 1.807) is 59.5 Å². The highest BCUT2D eigenvalue weighted by Crippen LogP contribution is 2.23. The predicted octanol–water partition coefficient (Wildman–Crippen LogP) is 7.02. The molecule has 0 saturated carbocycles. The molecule has 7 nitrogen and oxygen atoms in total. The summed E-state index contributed by atoms with van der Waals surface area (Å²) in [6.45, 7) is 4.39. The van der Waals surface area contributed by atoms with Gasteiger partial charge in [-0.15, -0.1) is 6.58 Å². The van der Waals surface area contributed by atoms with Crippen LogP contribution in [-0.4, -0.2) is 44.0 Å². The Morgan fingerprint density at radius 1 is 0.933 bits per heavy atom. The number of benzene rings is 4. The summed E-state index contributed by atoms with van der Waals surface area (Å²) in [5.41, 5.74) is 2.92. The molecular formula is C37H37FN2O5. The predicted molar refractivity (Wildman–Crippen MR) is 174 cm³/mol. The Bertz CT molecular complexity index is 1590. The molecule has 8 heteroatoms. The molecule has 0 spiro atoms. The highest BCUT2D eigenvalue weighted by Gasteiger charge is 2.23. The second kappa shape index (κ2) is 16.6. The van der Waals surface area contributed by atoms with Crippen LogP contribution in [0.5, 0.6) is 5.75 Å². The molecular weight excluding hydrogens is 571 g/mol. The molecule has 4 aromatic rings. The number of nitrogens with zero attached hydrogens (tertiary/aromatic N) is 1. The average molecular weight is 609 g/mol. The molecule has 1 N–H and O–H groups in total. The van der Waals surface area contributed by atoms with E-state index >= 15 is 0 Å². The third kappa shape index (κ3) is 9.37. The molecule has 0 fully saturated rings. The van der Waals surface area contributed by atoms with Crippen molar-refractivity contribution >= 4 is 29.0 Å². The number of methoxy groups -OCH3 is 1. The quantitative estimate of drug-likeness (QED) is 0.0637. The Morgan fingerprint density at radius 2 is 1.67 bits per heavy atom. The highest BCUT2D eigenvalue weighted by atomic mass is 19.1. The van der Waals surface area contributed by atoms with Crippen LogP contribution in [0.3, 0.4) is 0 Å². The summed E-state index contributed by atoms with van der Waals surface area (Å²) in [4.78, 5) is 40.3. The van der Waals surface area contributed by atoms with E-state index < -0.39 is 17.8 Å². The molecule has 0 aliphatic carbocycles. The lowest BCUT2D eigenvalue weighted by molar-refractivity contribution is -0.141. The second-order valence-electron chi connectivity index (χ2n) is 10.4. The van der Waals surface area contributed by atoms with Crippen LogP contribution in [0.25, 0.3) is 0 Å². The van der Waals surface area contributed by atoms with Crippen molar-refractivity contribution in [1.29, 1.82) is 0 Å². The zero-order valence-electron chi connectivity index (χ0n) is 25.3. The number of nitrogens with one attached hydrogen (secondary N) is 1. The van der Waals surface area contributed by atoms with Gasteiger partial charge in [0, 0.05) is 41.9 Å². The Balaban J connectivity index is 1.36. The summed E-state index contributed by atoms with van der Waals surface area (Å²) >= 11 is 0. The van der Waals surface area contributed by atoms with Crippen LogP contribution in [0.4, 0.5) is 15.8 Å². The summed E-state index contributed by atoms with van der Waals surface area (Å²) in [6, 6.07) is 28.7. The van der Waals surface area contributed by atoms with Gasteiger partial charge in [0.1, 0.15) is 17.6 Å². The van der Waals surface area contributed by atoms with Crippen LogP contribution in [0, 0.1) is 5.82 Å². The van der Waals surface area contributed by atoms with Gasteiger partial charge >= 0.3 is 5.97 Å². The van der Waals surface area contributed by atoms with Crippen molar-refractivity contribution in [2.75, 3.05) is 30.5 Å². The van der Waals surface area contributed by atoms with Gasteiger partial charge in [-0.3, -0.25) is 9.59 Å². The minimum absolute atomic E-state index is 0.106. The average Bonchev–Trinajstić information content (AvgIpc) is 3.07. The van der Waals surface area contributed by atoms with Crippen molar-refractivity contribution in [1.82, 2.24) is 0 Å². The first kappa shape index (κ1) is 32.7. The van der Waals surface area contributed by atoms with Crippen molar-refractivity contribution < 1.29 is 28.2 Å². The van der Waals surface area contributed by atoms with Gasteiger partial charge in [-0.25, -0.2) is 9.18 Å². The smallest absolute Gasteiger partial charge is 0.328 e. The van der Waals surface area contributed by atoms with Gasteiger partial charge in [0.2, 0.25) is 5.91 Å². The summed E-state index contributed by atoms with van der Waals surface area (Å²) in [5, 5.41) is 3.22. The summed E-state index contributed by atoms with van der Waals surface area (Å²) < 4.78 is 24.8. The van der Waals surface area contributed by atoms with E-state index in [0.29, 0.717) is 67.1 Å². The Labute approximate surface area is 263 Å².